The summed E-state index contributed by atoms with van der Waals surface area (Å²) in [6.45, 7) is 5.94. The summed E-state index contributed by atoms with van der Waals surface area (Å²) in [6, 6.07) is 5.64. The van der Waals surface area contributed by atoms with Crippen molar-refractivity contribution >= 4 is 11.9 Å². The van der Waals surface area contributed by atoms with Crippen molar-refractivity contribution in [2.75, 3.05) is 13.7 Å². The number of aryl methyl sites for hydroxylation is 1. The van der Waals surface area contributed by atoms with Gasteiger partial charge in [0.15, 0.2) is 0 Å². The highest BCUT2D eigenvalue weighted by molar-refractivity contribution is 5.79. The Kier molecular flexibility index (Phi) is 6.21. The van der Waals surface area contributed by atoms with Gasteiger partial charge in [0.05, 0.1) is 20.0 Å². The van der Waals surface area contributed by atoms with E-state index < -0.39 is 5.97 Å². The molecule has 0 aliphatic heterocycles. The summed E-state index contributed by atoms with van der Waals surface area (Å²) < 4.78 is 5.25. The van der Waals surface area contributed by atoms with Gasteiger partial charge in [0.25, 0.3) is 0 Å². The highest BCUT2D eigenvalue weighted by Gasteiger charge is 2.18. The molecular formula is C16H23NO4. The second-order valence-corrected chi connectivity index (χ2v) is 5.31. The molecule has 116 valence electrons. The fraction of sp³-hybridized carbons (Fsp3) is 0.500. The Bertz CT molecular complexity index is 511. The van der Waals surface area contributed by atoms with Crippen LogP contribution in [0.3, 0.4) is 0 Å². The highest BCUT2D eigenvalue weighted by atomic mass is 16.5. The molecule has 1 N–H and O–H groups in total. The van der Waals surface area contributed by atoms with Crippen molar-refractivity contribution in [2.45, 2.75) is 39.7 Å². The van der Waals surface area contributed by atoms with E-state index in [-0.39, 0.29) is 31.3 Å². The first kappa shape index (κ1) is 17.0. The normalized spacial score (nSPS) is 10.5. The summed E-state index contributed by atoms with van der Waals surface area (Å²) in [5, 5.41) is 8.76. The smallest absolute Gasteiger partial charge is 0.305 e. The van der Waals surface area contributed by atoms with Gasteiger partial charge in [-0.15, -0.1) is 0 Å². The standard InChI is InChI=1S/C16H23NO4/c1-11(2)17(8-7-16(19)20)15(18)10-13-6-5-12(3)14(9-13)21-4/h5-6,9,11H,7-8,10H2,1-4H3,(H,19,20). The van der Waals surface area contributed by atoms with Gasteiger partial charge in [-0.3, -0.25) is 9.59 Å². The number of benzene rings is 1. The van der Waals surface area contributed by atoms with Crippen LogP contribution in [0.25, 0.3) is 0 Å². The predicted octanol–water partition coefficient (Wildman–Crippen LogP) is 2.26. The fourth-order valence-corrected chi connectivity index (χ4v) is 2.14. The number of carbonyl (C=O) groups is 2. The number of nitrogens with zero attached hydrogens (tertiary/aromatic N) is 1. The number of amides is 1. The second-order valence-electron chi connectivity index (χ2n) is 5.31. The lowest BCUT2D eigenvalue weighted by atomic mass is 10.1. The topological polar surface area (TPSA) is 66.8 Å². The van der Waals surface area contributed by atoms with Gasteiger partial charge in [-0.25, -0.2) is 0 Å². The zero-order valence-electron chi connectivity index (χ0n) is 13.0. The zero-order chi connectivity index (χ0) is 16.0. The number of rotatable bonds is 7. The maximum Gasteiger partial charge on any atom is 0.305 e. The number of hydrogen-bond acceptors (Lipinski definition) is 3. The number of carboxylic acids is 1. The van der Waals surface area contributed by atoms with E-state index in [1.54, 1.807) is 12.0 Å². The molecule has 0 unspecified atom stereocenters. The fourth-order valence-electron chi connectivity index (χ4n) is 2.14. The summed E-state index contributed by atoms with van der Waals surface area (Å²) in [5.74, 6) is -0.218. The molecule has 0 fully saturated rings. The molecule has 0 saturated heterocycles. The van der Waals surface area contributed by atoms with Gasteiger partial charge in [-0.05, 0) is 38.0 Å². The molecule has 5 heteroatoms. The summed E-state index contributed by atoms with van der Waals surface area (Å²) in [7, 11) is 1.60. The Labute approximate surface area is 125 Å². The van der Waals surface area contributed by atoms with E-state index in [2.05, 4.69) is 0 Å². The molecule has 0 aliphatic carbocycles. The van der Waals surface area contributed by atoms with Crippen LogP contribution in [0.5, 0.6) is 5.75 Å². The van der Waals surface area contributed by atoms with Crippen molar-refractivity contribution in [3.05, 3.63) is 29.3 Å². The summed E-state index contributed by atoms with van der Waals surface area (Å²) in [4.78, 5) is 24.6. The van der Waals surface area contributed by atoms with Crippen LogP contribution in [0, 0.1) is 6.92 Å². The first-order chi connectivity index (χ1) is 9.85. The lowest BCUT2D eigenvalue weighted by Gasteiger charge is -2.26. The van der Waals surface area contributed by atoms with Crippen LogP contribution < -0.4 is 4.74 Å². The van der Waals surface area contributed by atoms with E-state index in [0.717, 1.165) is 16.9 Å². The Morgan fingerprint density at radius 2 is 2.00 bits per heavy atom. The van der Waals surface area contributed by atoms with Crippen LogP contribution in [-0.2, 0) is 16.0 Å². The van der Waals surface area contributed by atoms with Crippen LogP contribution in [0.1, 0.15) is 31.4 Å². The lowest BCUT2D eigenvalue weighted by Crippen LogP contribution is -2.39. The van der Waals surface area contributed by atoms with E-state index in [0.29, 0.717) is 0 Å². The highest BCUT2D eigenvalue weighted by Crippen LogP contribution is 2.20. The Morgan fingerprint density at radius 1 is 1.33 bits per heavy atom. The number of hydrogen-bond donors (Lipinski definition) is 1. The minimum atomic E-state index is -0.898. The average molecular weight is 293 g/mol. The molecule has 0 radical (unpaired) electrons. The molecule has 0 aliphatic rings. The largest absolute Gasteiger partial charge is 0.496 e. The SMILES string of the molecule is COc1cc(CC(=O)N(CCC(=O)O)C(C)C)ccc1C. The van der Waals surface area contributed by atoms with Gasteiger partial charge in [0.2, 0.25) is 5.91 Å². The van der Waals surface area contributed by atoms with Crippen LogP contribution in [-0.4, -0.2) is 41.6 Å². The molecule has 1 aromatic rings. The number of ether oxygens (including phenoxy) is 1. The molecule has 21 heavy (non-hydrogen) atoms. The number of carbonyl (C=O) groups excluding carboxylic acids is 1. The van der Waals surface area contributed by atoms with Crippen molar-refractivity contribution in [1.82, 2.24) is 4.90 Å². The van der Waals surface area contributed by atoms with Crippen molar-refractivity contribution in [3.63, 3.8) is 0 Å². The first-order valence-electron chi connectivity index (χ1n) is 7.00. The monoisotopic (exact) mass is 293 g/mol. The average Bonchev–Trinajstić information content (AvgIpc) is 2.40. The lowest BCUT2D eigenvalue weighted by molar-refractivity contribution is -0.139. The molecule has 0 bridgehead atoms. The van der Waals surface area contributed by atoms with Crippen molar-refractivity contribution < 1.29 is 19.4 Å². The molecule has 1 aromatic carbocycles. The van der Waals surface area contributed by atoms with Gasteiger partial charge < -0.3 is 14.7 Å². The van der Waals surface area contributed by atoms with Gasteiger partial charge in [0.1, 0.15) is 5.75 Å². The molecule has 0 aromatic heterocycles. The molecule has 0 saturated carbocycles. The Hall–Kier alpha value is -2.04. The van der Waals surface area contributed by atoms with E-state index in [1.807, 2.05) is 39.0 Å². The molecule has 1 amide bonds. The Balaban J connectivity index is 2.79. The number of carboxylic acid groups (broad SMARTS) is 1. The third-order valence-electron chi connectivity index (χ3n) is 3.34. The third-order valence-corrected chi connectivity index (χ3v) is 3.34. The summed E-state index contributed by atoms with van der Waals surface area (Å²) in [6.07, 6.45) is 0.204. The second kappa shape index (κ2) is 7.67. The van der Waals surface area contributed by atoms with Crippen molar-refractivity contribution in [1.29, 1.82) is 0 Å². The van der Waals surface area contributed by atoms with Crippen LogP contribution >= 0.6 is 0 Å². The van der Waals surface area contributed by atoms with Crippen LogP contribution in [0.15, 0.2) is 18.2 Å². The molecule has 0 heterocycles. The van der Waals surface area contributed by atoms with Gasteiger partial charge in [-0.2, -0.15) is 0 Å². The number of aliphatic carboxylic acids is 1. The van der Waals surface area contributed by atoms with E-state index in [1.165, 1.54) is 0 Å². The van der Waals surface area contributed by atoms with Crippen LogP contribution in [0.4, 0.5) is 0 Å². The maximum absolute atomic E-state index is 12.3. The predicted molar refractivity (Wildman–Crippen MR) is 80.5 cm³/mol. The molecule has 0 atom stereocenters. The van der Waals surface area contributed by atoms with E-state index in [4.69, 9.17) is 9.84 Å². The van der Waals surface area contributed by atoms with Crippen molar-refractivity contribution in [3.8, 4) is 5.75 Å². The number of methoxy groups -OCH3 is 1. The van der Waals surface area contributed by atoms with Gasteiger partial charge in [-0.1, -0.05) is 12.1 Å². The van der Waals surface area contributed by atoms with E-state index in [9.17, 15) is 9.59 Å². The summed E-state index contributed by atoms with van der Waals surface area (Å²) >= 11 is 0. The molecule has 1 rings (SSSR count). The first-order valence-corrected chi connectivity index (χ1v) is 7.00. The quantitative estimate of drug-likeness (QED) is 0.837. The third kappa shape index (κ3) is 5.10. The maximum atomic E-state index is 12.3. The Morgan fingerprint density at radius 3 is 2.52 bits per heavy atom. The summed E-state index contributed by atoms with van der Waals surface area (Å²) in [5.41, 5.74) is 1.88. The minimum Gasteiger partial charge on any atom is -0.496 e. The van der Waals surface area contributed by atoms with Gasteiger partial charge >= 0.3 is 5.97 Å². The minimum absolute atomic E-state index is 0.0239. The van der Waals surface area contributed by atoms with Crippen LogP contribution in [0.2, 0.25) is 0 Å². The zero-order valence-corrected chi connectivity index (χ0v) is 13.0. The molecule has 0 spiro atoms. The van der Waals surface area contributed by atoms with Gasteiger partial charge in [0, 0.05) is 12.6 Å². The molecular weight excluding hydrogens is 270 g/mol. The molecule has 5 nitrogen and oxygen atoms in total. The van der Waals surface area contributed by atoms with Crippen molar-refractivity contribution in [2.24, 2.45) is 0 Å². The van der Waals surface area contributed by atoms with E-state index >= 15 is 0 Å².